The number of halogens is 1. The van der Waals surface area contributed by atoms with Gasteiger partial charge in [0.2, 0.25) is 0 Å². The molecule has 0 saturated heterocycles. The van der Waals surface area contributed by atoms with Crippen molar-refractivity contribution in [2.75, 3.05) is 39.3 Å². The van der Waals surface area contributed by atoms with Gasteiger partial charge in [0.05, 0.1) is 24.9 Å². The Morgan fingerprint density at radius 3 is 2.41 bits per heavy atom. The molecule has 5 heteroatoms. The molecule has 1 aromatic rings. The van der Waals surface area contributed by atoms with Gasteiger partial charge in [0, 0.05) is 32.3 Å². The summed E-state index contributed by atoms with van der Waals surface area (Å²) < 4.78 is 10.5. The first-order valence-corrected chi connectivity index (χ1v) is 5.75. The average molecular weight is 260 g/mol. The number of benzene rings is 1. The lowest BCUT2D eigenvalue weighted by molar-refractivity contribution is 0.290. The lowest BCUT2D eigenvalue weighted by atomic mass is 10.2. The van der Waals surface area contributed by atoms with E-state index >= 15 is 0 Å². The Morgan fingerprint density at radius 2 is 1.88 bits per heavy atom. The standard InChI is InChI=1S/C12H18ClNO3/c1-14(5-4-6-15)10-8-11(16-2)9(13)7-12(10)17-3/h7-8,15H,4-6H2,1-3H3. The minimum Gasteiger partial charge on any atom is -0.495 e. The van der Waals surface area contributed by atoms with E-state index in [1.807, 2.05) is 18.0 Å². The van der Waals surface area contributed by atoms with E-state index in [2.05, 4.69) is 0 Å². The molecule has 0 spiro atoms. The molecule has 0 atom stereocenters. The van der Waals surface area contributed by atoms with Gasteiger partial charge in [-0.05, 0) is 6.42 Å². The zero-order valence-corrected chi connectivity index (χ0v) is 11.1. The maximum absolute atomic E-state index is 8.83. The summed E-state index contributed by atoms with van der Waals surface area (Å²) in [6.07, 6.45) is 0.699. The molecule has 0 fully saturated rings. The summed E-state index contributed by atoms with van der Waals surface area (Å²) in [5, 5.41) is 9.35. The first kappa shape index (κ1) is 13.9. The lowest BCUT2D eigenvalue weighted by Gasteiger charge is -2.22. The van der Waals surface area contributed by atoms with Crippen molar-refractivity contribution in [1.29, 1.82) is 0 Å². The zero-order chi connectivity index (χ0) is 12.8. The molecule has 1 N–H and O–H groups in total. The van der Waals surface area contributed by atoms with Gasteiger partial charge < -0.3 is 19.5 Å². The molecule has 0 radical (unpaired) electrons. The second-order valence-electron chi connectivity index (χ2n) is 3.66. The minimum absolute atomic E-state index is 0.164. The number of anilines is 1. The van der Waals surface area contributed by atoms with Gasteiger partial charge in [-0.15, -0.1) is 0 Å². The van der Waals surface area contributed by atoms with Crippen molar-refractivity contribution in [3.05, 3.63) is 17.2 Å². The highest BCUT2D eigenvalue weighted by Gasteiger charge is 2.13. The Bertz CT molecular complexity index is 371. The van der Waals surface area contributed by atoms with Crippen molar-refractivity contribution in [1.82, 2.24) is 0 Å². The molecule has 1 rings (SSSR count). The average Bonchev–Trinajstić information content (AvgIpc) is 2.35. The van der Waals surface area contributed by atoms with Crippen LogP contribution in [0.2, 0.25) is 5.02 Å². The quantitative estimate of drug-likeness (QED) is 0.850. The molecule has 0 saturated carbocycles. The van der Waals surface area contributed by atoms with E-state index in [0.29, 0.717) is 22.9 Å². The third-order valence-electron chi connectivity index (χ3n) is 2.52. The molecule has 0 bridgehead atoms. The summed E-state index contributed by atoms with van der Waals surface area (Å²) in [5.74, 6) is 1.30. The highest BCUT2D eigenvalue weighted by atomic mass is 35.5. The smallest absolute Gasteiger partial charge is 0.143 e. The maximum Gasteiger partial charge on any atom is 0.143 e. The Balaban J connectivity index is 3.02. The van der Waals surface area contributed by atoms with Crippen LogP contribution in [-0.4, -0.2) is 39.5 Å². The number of aliphatic hydroxyl groups excluding tert-OH is 1. The molecule has 0 heterocycles. The van der Waals surface area contributed by atoms with Gasteiger partial charge in [-0.25, -0.2) is 0 Å². The molecule has 96 valence electrons. The highest BCUT2D eigenvalue weighted by molar-refractivity contribution is 6.32. The normalized spacial score (nSPS) is 10.2. The van der Waals surface area contributed by atoms with Crippen LogP contribution in [0, 0.1) is 0 Å². The lowest BCUT2D eigenvalue weighted by Crippen LogP contribution is -2.20. The van der Waals surface area contributed by atoms with Crippen molar-refractivity contribution < 1.29 is 14.6 Å². The van der Waals surface area contributed by atoms with Crippen LogP contribution in [0.3, 0.4) is 0 Å². The van der Waals surface area contributed by atoms with Gasteiger partial charge in [0.1, 0.15) is 11.5 Å². The molecule has 0 aliphatic rings. The molecule has 0 aliphatic carbocycles. The van der Waals surface area contributed by atoms with Crippen molar-refractivity contribution in [2.24, 2.45) is 0 Å². The number of aliphatic hydroxyl groups is 1. The van der Waals surface area contributed by atoms with Crippen molar-refractivity contribution >= 4 is 17.3 Å². The second-order valence-corrected chi connectivity index (χ2v) is 4.06. The predicted octanol–water partition coefficient (Wildman–Crippen LogP) is 2.18. The highest BCUT2D eigenvalue weighted by Crippen LogP contribution is 2.37. The largest absolute Gasteiger partial charge is 0.495 e. The molecular formula is C12H18ClNO3. The monoisotopic (exact) mass is 259 g/mol. The van der Waals surface area contributed by atoms with Crippen LogP contribution in [0.4, 0.5) is 5.69 Å². The number of hydrogen-bond donors (Lipinski definition) is 1. The van der Waals surface area contributed by atoms with E-state index < -0.39 is 0 Å². The molecule has 0 unspecified atom stereocenters. The number of rotatable bonds is 6. The van der Waals surface area contributed by atoms with E-state index in [1.54, 1.807) is 20.3 Å². The SMILES string of the molecule is COc1cc(N(C)CCCO)c(OC)cc1Cl. The Kier molecular flexibility index (Phi) is 5.38. The third kappa shape index (κ3) is 3.41. The molecule has 1 aromatic carbocycles. The van der Waals surface area contributed by atoms with E-state index in [4.69, 9.17) is 26.2 Å². The molecule has 17 heavy (non-hydrogen) atoms. The summed E-state index contributed by atoms with van der Waals surface area (Å²) in [6, 6.07) is 3.56. The first-order valence-electron chi connectivity index (χ1n) is 5.37. The van der Waals surface area contributed by atoms with Crippen LogP contribution in [0.25, 0.3) is 0 Å². The Morgan fingerprint density at radius 1 is 1.24 bits per heavy atom. The van der Waals surface area contributed by atoms with Crippen LogP contribution < -0.4 is 14.4 Å². The molecule has 0 aliphatic heterocycles. The van der Waals surface area contributed by atoms with E-state index in [0.717, 1.165) is 12.2 Å². The van der Waals surface area contributed by atoms with Crippen LogP contribution >= 0.6 is 11.6 Å². The van der Waals surface area contributed by atoms with Crippen LogP contribution in [-0.2, 0) is 0 Å². The number of methoxy groups -OCH3 is 2. The van der Waals surface area contributed by atoms with E-state index in [1.165, 1.54) is 0 Å². The fraction of sp³-hybridized carbons (Fsp3) is 0.500. The number of hydrogen-bond acceptors (Lipinski definition) is 4. The Hall–Kier alpha value is -1.13. The third-order valence-corrected chi connectivity index (χ3v) is 2.81. The van der Waals surface area contributed by atoms with Crippen molar-refractivity contribution in [3.63, 3.8) is 0 Å². The van der Waals surface area contributed by atoms with E-state index in [-0.39, 0.29) is 6.61 Å². The maximum atomic E-state index is 8.83. The summed E-state index contributed by atoms with van der Waals surface area (Å²) in [5.41, 5.74) is 0.891. The van der Waals surface area contributed by atoms with Gasteiger partial charge in [-0.2, -0.15) is 0 Å². The fourth-order valence-corrected chi connectivity index (χ4v) is 1.80. The van der Waals surface area contributed by atoms with Crippen LogP contribution in [0.5, 0.6) is 11.5 Å². The van der Waals surface area contributed by atoms with Crippen LogP contribution in [0.1, 0.15) is 6.42 Å². The van der Waals surface area contributed by atoms with Gasteiger partial charge >= 0.3 is 0 Å². The number of ether oxygens (including phenoxy) is 2. The van der Waals surface area contributed by atoms with Gasteiger partial charge in [0.15, 0.2) is 0 Å². The summed E-state index contributed by atoms with van der Waals surface area (Å²) in [6.45, 7) is 0.898. The molecular weight excluding hydrogens is 242 g/mol. The predicted molar refractivity (Wildman–Crippen MR) is 69.5 cm³/mol. The van der Waals surface area contributed by atoms with Crippen LogP contribution in [0.15, 0.2) is 12.1 Å². The molecule has 4 nitrogen and oxygen atoms in total. The van der Waals surface area contributed by atoms with Gasteiger partial charge in [-0.1, -0.05) is 11.6 Å². The Labute approximate surface area is 107 Å². The van der Waals surface area contributed by atoms with E-state index in [9.17, 15) is 0 Å². The van der Waals surface area contributed by atoms with Gasteiger partial charge in [0.25, 0.3) is 0 Å². The molecule has 0 amide bonds. The first-order chi connectivity index (χ1) is 8.13. The van der Waals surface area contributed by atoms with Gasteiger partial charge in [-0.3, -0.25) is 0 Å². The second kappa shape index (κ2) is 6.57. The minimum atomic E-state index is 0.164. The number of nitrogens with zero attached hydrogens (tertiary/aromatic N) is 1. The summed E-state index contributed by atoms with van der Waals surface area (Å²) in [7, 11) is 5.10. The van der Waals surface area contributed by atoms with Crippen molar-refractivity contribution in [3.8, 4) is 11.5 Å². The fourth-order valence-electron chi connectivity index (χ4n) is 1.57. The zero-order valence-electron chi connectivity index (χ0n) is 10.4. The summed E-state index contributed by atoms with van der Waals surface area (Å²) >= 11 is 6.03. The topological polar surface area (TPSA) is 41.9 Å². The van der Waals surface area contributed by atoms with Crippen molar-refractivity contribution in [2.45, 2.75) is 6.42 Å². The summed E-state index contributed by atoms with van der Waals surface area (Å²) in [4.78, 5) is 1.99. The molecule has 0 aromatic heterocycles.